The molecule has 1 aromatic heterocycles. The average molecular weight is 350 g/mol. The van der Waals surface area contributed by atoms with E-state index in [9.17, 15) is 14.4 Å². The smallest absolute Gasteiger partial charge is 0.308 e. The summed E-state index contributed by atoms with van der Waals surface area (Å²) in [5, 5.41) is 11.1. The number of carboxylic acid groups (broad SMARTS) is 1. The van der Waals surface area contributed by atoms with E-state index in [1.54, 1.807) is 16.2 Å². The number of rotatable bonds is 4. The van der Waals surface area contributed by atoms with Gasteiger partial charge in [-0.15, -0.1) is 11.3 Å². The van der Waals surface area contributed by atoms with Gasteiger partial charge in [-0.2, -0.15) is 0 Å². The van der Waals surface area contributed by atoms with E-state index >= 15 is 0 Å². The van der Waals surface area contributed by atoms with Gasteiger partial charge in [0.25, 0.3) is 0 Å². The Balaban J connectivity index is 1.48. The fourth-order valence-electron chi connectivity index (χ4n) is 3.40. The van der Waals surface area contributed by atoms with E-state index in [0.29, 0.717) is 32.5 Å². The highest BCUT2D eigenvalue weighted by atomic mass is 32.1. The van der Waals surface area contributed by atoms with Gasteiger partial charge in [0, 0.05) is 43.9 Å². The zero-order chi connectivity index (χ0) is 17.1. The minimum absolute atomic E-state index is 0.00648. The largest absolute Gasteiger partial charge is 0.481 e. The normalized spacial score (nSPS) is 20.6. The SMILES string of the molecule is O=C(O)C1CCCN(C(=O)CCC(=O)N2CCc3sccc3C2)C1. The molecule has 1 saturated heterocycles. The summed E-state index contributed by atoms with van der Waals surface area (Å²) in [5.74, 6) is -1.42. The molecular weight excluding hydrogens is 328 g/mol. The highest BCUT2D eigenvalue weighted by Crippen LogP contribution is 2.24. The van der Waals surface area contributed by atoms with Crippen LogP contribution in [-0.4, -0.2) is 52.3 Å². The minimum Gasteiger partial charge on any atom is -0.481 e. The van der Waals surface area contributed by atoms with Crippen LogP contribution in [0.1, 0.15) is 36.1 Å². The van der Waals surface area contributed by atoms with Crippen LogP contribution in [0.2, 0.25) is 0 Å². The lowest BCUT2D eigenvalue weighted by Crippen LogP contribution is -2.43. The number of hydrogen-bond acceptors (Lipinski definition) is 4. The van der Waals surface area contributed by atoms with Crippen LogP contribution in [0.15, 0.2) is 11.4 Å². The van der Waals surface area contributed by atoms with Crippen molar-refractivity contribution in [2.75, 3.05) is 19.6 Å². The van der Waals surface area contributed by atoms with E-state index in [1.165, 1.54) is 10.4 Å². The van der Waals surface area contributed by atoms with Crippen LogP contribution in [0.3, 0.4) is 0 Å². The predicted molar refractivity (Wildman–Crippen MR) is 89.6 cm³/mol. The molecule has 1 fully saturated rings. The molecule has 3 rings (SSSR count). The van der Waals surface area contributed by atoms with Crippen LogP contribution in [0.5, 0.6) is 0 Å². The van der Waals surface area contributed by atoms with Gasteiger partial charge in [0.15, 0.2) is 0 Å². The third-order valence-corrected chi connectivity index (χ3v) is 5.86. The second-order valence-corrected chi connectivity index (χ2v) is 7.45. The molecule has 0 radical (unpaired) electrons. The first kappa shape index (κ1) is 17.0. The molecule has 6 nitrogen and oxygen atoms in total. The monoisotopic (exact) mass is 350 g/mol. The summed E-state index contributed by atoms with van der Waals surface area (Å²) in [6, 6.07) is 2.06. The predicted octanol–water partition coefficient (Wildman–Crippen LogP) is 1.74. The molecule has 0 aromatic carbocycles. The summed E-state index contributed by atoms with van der Waals surface area (Å²) in [6.07, 6.45) is 2.59. The van der Waals surface area contributed by atoms with Gasteiger partial charge in [0.1, 0.15) is 0 Å². The number of amides is 2. The number of hydrogen-bond donors (Lipinski definition) is 1. The van der Waals surface area contributed by atoms with Crippen molar-refractivity contribution in [2.24, 2.45) is 5.92 Å². The van der Waals surface area contributed by atoms with Crippen molar-refractivity contribution in [2.45, 2.75) is 38.6 Å². The number of nitrogens with zero attached hydrogens (tertiary/aromatic N) is 2. The Morgan fingerprint density at radius 1 is 1.17 bits per heavy atom. The van der Waals surface area contributed by atoms with Gasteiger partial charge in [-0.3, -0.25) is 14.4 Å². The summed E-state index contributed by atoms with van der Waals surface area (Å²) in [6.45, 7) is 2.21. The number of carbonyl (C=O) groups excluding carboxylic acids is 2. The Hall–Kier alpha value is -1.89. The zero-order valence-corrected chi connectivity index (χ0v) is 14.4. The van der Waals surface area contributed by atoms with Crippen LogP contribution in [0, 0.1) is 5.92 Å². The molecule has 3 heterocycles. The molecule has 1 atom stereocenters. The van der Waals surface area contributed by atoms with E-state index < -0.39 is 11.9 Å². The number of likely N-dealkylation sites (tertiary alicyclic amines) is 1. The molecule has 24 heavy (non-hydrogen) atoms. The van der Waals surface area contributed by atoms with Crippen LogP contribution < -0.4 is 0 Å². The van der Waals surface area contributed by atoms with Crippen molar-refractivity contribution in [3.63, 3.8) is 0 Å². The first-order valence-corrected chi connectivity index (χ1v) is 9.26. The van der Waals surface area contributed by atoms with Crippen molar-refractivity contribution in [1.82, 2.24) is 9.80 Å². The van der Waals surface area contributed by atoms with Crippen molar-refractivity contribution in [3.05, 3.63) is 21.9 Å². The maximum absolute atomic E-state index is 12.4. The molecule has 0 aliphatic carbocycles. The van der Waals surface area contributed by atoms with E-state index in [2.05, 4.69) is 11.4 Å². The van der Waals surface area contributed by atoms with Crippen molar-refractivity contribution in [3.8, 4) is 0 Å². The van der Waals surface area contributed by atoms with Crippen molar-refractivity contribution >= 4 is 29.1 Å². The summed E-state index contributed by atoms with van der Waals surface area (Å²) in [4.78, 5) is 40.5. The van der Waals surface area contributed by atoms with Gasteiger partial charge in [-0.25, -0.2) is 0 Å². The number of thiophene rings is 1. The van der Waals surface area contributed by atoms with Crippen LogP contribution in [-0.2, 0) is 27.3 Å². The number of fused-ring (bicyclic) bond motifs is 1. The lowest BCUT2D eigenvalue weighted by atomic mass is 9.98. The Morgan fingerprint density at radius 2 is 1.92 bits per heavy atom. The van der Waals surface area contributed by atoms with Crippen LogP contribution >= 0.6 is 11.3 Å². The van der Waals surface area contributed by atoms with E-state index in [4.69, 9.17) is 5.11 Å². The van der Waals surface area contributed by atoms with Gasteiger partial charge < -0.3 is 14.9 Å². The highest BCUT2D eigenvalue weighted by molar-refractivity contribution is 7.10. The molecule has 0 spiro atoms. The van der Waals surface area contributed by atoms with E-state index in [1.807, 2.05) is 4.90 Å². The molecule has 0 bridgehead atoms. The summed E-state index contributed by atoms with van der Waals surface area (Å²) >= 11 is 1.73. The maximum Gasteiger partial charge on any atom is 0.308 e. The standard InChI is InChI=1S/C17H22N2O4S/c20-15(18-7-1-2-13(11-18)17(22)23)3-4-16(21)19-8-5-14-12(10-19)6-9-24-14/h6,9,13H,1-5,7-8,10-11H2,(H,22,23). The average Bonchev–Trinajstić information content (AvgIpc) is 3.07. The van der Waals surface area contributed by atoms with Gasteiger partial charge in [-0.05, 0) is 36.3 Å². The molecule has 2 aliphatic rings. The molecule has 130 valence electrons. The van der Waals surface area contributed by atoms with Crippen LogP contribution in [0.25, 0.3) is 0 Å². The fraction of sp³-hybridized carbons (Fsp3) is 0.588. The molecule has 2 aliphatic heterocycles. The molecule has 1 N–H and O–H groups in total. The van der Waals surface area contributed by atoms with Gasteiger partial charge in [0.2, 0.25) is 11.8 Å². The molecule has 1 unspecified atom stereocenters. The third kappa shape index (κ3) is 3.77. The van der Waals surface area contributed by atoms with Gasteiger partial charge in [-0.1, -0.05) is 0 Å². The summed E-state index contributed by atoms with van der Waals surface area (Å²) in [7, 11) is 0. The number of carboxylic acids is 1. The second-order valence-electron chi connectivity index (χ2n) is 6.45. The first-order chi connectivity index (χ1) is 11.5. The summed E-state index contributed by atoms with van der Waals surface area (Å²) < 4.78 is 0. The van der Waals surface area contributed by atoms with Crippen molar-refractivity contribution in [1.29, 1.82) is 0 Å². The lowest BCUT2D eigenvalue weighted by molar-refractivity contribution is -0.146. The van der Waals surface area contributed by atoms with Gasteiger partial charge in [0.05, 0.1) is 5.92 Å². The fourth-order valence-corrected chi connectivity index (χ4v) is 4.29. The number of carbonyl (C=O) groups is 3. The topological polar surface area (TPSA) is 77.9 Å². The Bertz CT molecular complexity index is 642. The van der Waals surface area contributed by atoms with Crippen molar-refractivity contribution < 1.29 is 19.5 Å². The van der Waals surface area contributed by atoms with E-state index in [0.717, 1.165) is 6.42 Å². The number of aliphatic carboxylic acids is 1. The molecular formula is C17H22N2O4S. The molecule has 0 saturated carbocycles. The minimum atomic E-state index is -0.844. The Morgan fingerprint density at radius 3 is 2.67 bits per heavy atom. The third-order valence-electron chi connectivity index (χ3n) is 4.84. The summed E-state index contributed by atoms with van der Waals surface area (Å²) in [5.41, 5.74) is 1.21. The Kier molecular flexibility index (Phi) is 5.18. The highest BCUT2D eigenvalue weighted by Gasteiger charge is 2.29. The molecule has 1 aromatic rings. The first-order valence-electron chi connectivity index (χ1n) is 8.38. The van der Waals surface area contributed by atoms with E-state index in [-0.39, 0.29) is 31.2 Å². The van der Waals surface area contributed by atoms with Gasteiger partial charge >= 0.3 is 5.97 Å². The quantitative estimate of drug-likeness (QED) is 0.897. The second kappa shape index (κ2) is 7.34. The number of piperidine rings is 1. The zero-order valence-electron chi connectivity index (χ0n) is 13.6. The molecule has 7 heteroatoms. The Labute approximate surface area is 145 Å². The molecule has 2 amide bonds. The maximum atomic E-state index is 12.4. The lowest BCUT2D eigenvalue weighted by Gasteiger charge is -2.31. The van der Waals surface area contributed by atoms with Crippen LogP contribution in [0.4, 0.5) is 0 Å².